The Labute approximate surface area is 198 Å². The molecule has 0 spiro atoms. The first-order chi connectivity index (χ1) is 16.1. The largest absolute Gasteiger partial charge is 0.455 e. The van der Waals surface area contributed by atoms with E-state index in [-0.39, 0.29) is 0 Å². The number of benzene rings is 2. The standard InChI is InChI=1S/C30H32N2O/c1-2-3-4-5-6-22-7-9-23(10-8-22)24-11-13-25(14-12-24)26-15-18-28(19-16-26)33-30-20-17-27(31)21-29(30)32/h1,15-25H,7-14,31-32H2. The summed E-state index contributed by atoms with van der Waals surface area (Å²) in [4.78, 5) is 0. The molecule has 0 unspecified atom stereocenters. The molecule has 3 heteroatoms. The number of nitrogen functional groups attached to an aromatic ring is 2. The van der Waals surface area contributed by atoms with Crippen LogP contribution in [0.5, 0.6) is 11.5 Å². The topological polar surface area (TPSA) is 61.3 Å². The lowest BCUT2D eigenvalue weighted by atomic mass is 9.68. The number of ether oxygens (including phenoxy) is 1. The van der Waals surface area contributed by atoms with Gasteiger partial charge >= 0.3 is 0 Å². The van der Waals surface area contributed by atoms with Crippen molar-refractivity contribution in [1.82, 2.24) is 0 Å². The highest BCUT2D eigenvalue weighted by Crippen LogP contribution is 2.44. The number of nitrogens with two attached hydrogens (primary N) is 2. The molecule has 2 aromatic carbocycles. The molecule has 3 nitrogen and oxygen atoms in total. The molecule has 0 bridgehead atoms. The zero-order valence-electron chi connectivity index (χ0n) is 19.1. The molecule has 0 saturated heterocycles. The Kier molecular flexibility index (Phi) is 7.50. The van der Waals surface area contributed by atoms with Gasteiger partial charge < -0.3 is 16.2 Å². The van der Waals surface area contributed by atoms with Gasteiger partial charge in [0.1, 0.15) is 11.5 Å². The fraction of sp³-hybridized carbons (Fsp3) is 0.400. The number of anilines is 2. The van der Waals surface area contributed by atoms with Crippen LogP contribution in [0.15, 0.2) is 42.5 Å². The zero-order valence-corrected chi connectivity index (χ0v) is 19.1. The smallest absolute Gasteiger partial charge is 0.150 e. The van der Waals surface area contributed by atoms with Gasteiger partial charge in [0.2, 0.25) is 0 Å². The molecule has 0 aromatic heterocycles. The minimum Gasteiger partial charge on any atom is -0.455 e. The lowest BCUT2D eigenvalue weighted by Gasteiger charge is -2.37. The van der Waals surface area contributed by atoms with Gasteiger partial charge in [-0.1, -0.05) is 18.1 Å². The summed E-state index contributed by atoms with van der Waals surface area (Å²) in [6, 6.07) is 13.8. The van der Waals surface area contributed by atoms with E-state index in [2.05, 4.69) is 41.7 Å². The van der Waals surface area contributed by atoms with Crippen LogP contribution < -0.4 is 16.2 Å². The zero-order chi connectivity index (χ0) is 23.0. The molecule has 33 heavy (non-hydrogen) atoms. The second kappa shape index (κ2) is 10.9. The lowest BCUT2D eigenvalue weighted by molar-refractivity contribution is 0.173. The second-order valence-electron chi connectivity index (χ2n) is 9.36. The van der Waals surface area contributed by atoms with Crippen molar-refractivity contribution in [2.24, 2.45) is 17.8 Å². The van der Waals surface area contributed by atoms with Crippen LogP contribution in [-0.4, -0.2) is 0 Å². The van der Waals surface area contributed by atoms with Crippen LogP contribution in [-0.2, 0) is 0 Å². The van der Waals surface area contributed by atoms with Crippen molar-refractivity contribution < 1.29 is 4.74 Å². The Hall–Kier alpha value is -3.48. The van der Waals surface area contributed by atoms with E-state index in [0.29, 0.717) is 29.0 Å². The van der Waals surface area contributed by atoms with Crippen molar-refractivity contribution in [1.29, 1.82) is 0 Å². The third kappa shape index (κ3) is 6.06. The number of hydrogen-bond acceptors (Lipinski definition) is 3. The second-order valence-corrected chi connectivity index (χ2v) is 9.36. The highest BCUT2D eigenvalue weighted by molar-refractivity contribution is 5.61. The Morgan fingerprint density at radius 2 is 1.42 bits per heavy atom. The third-order valence-electron chi connectivity index (χ3n) is 7.30. The summed E-state index contributed by atoms with van der Waals surface area (Å²) in [7, 11) is 0. The average molecular weight is 437 g/mol. The molecule has 4 rings (SSSR count). The predicted molar refractivity (Wildman–Crippen MR) is 136 cm³/mol. The quantitative estimate of drug-likeness (QED) is 0.433. The SMILES string of the molecule is C#CC#CC#CC1CCC(C2CCC(c3ccc(Oc4ccc(N)cc4N)cc3)CC2)CC1. The Morgan fingerprint density at radius 1 is 0.758 bits per heavy atom. The molecule has 0 aliphatic heterocycles. The summed E-state index contributed by atoms with van der Waals surface area (Å²) >= 11 is 0. The Morgan fingerprint density at radius 3 is 2.06 bits per heavy atom. The van der Waals surface area contributed by atoms with E-state index in [4.69, 9.17) is 22.6 Å². The van der Waals surface area contributed by atoms with E-state index in [0.717, 1.165) is 17.6 Å². The predicted octanol–water partition coefficient (Wildman–Crippen LogP) is 6.36. The first-order valence-corrected chi connectivity index (χ1v) is 12.0. The third-order valence-corrected chi connectivity index (χ3v) is 7.30. The Bertz CT molecular complexity index is 1100. The molecule has 2 aromatic rings. The van der Waals surface area contributed by atoms with Crippen molar-refractivity contribution >= 4 is 11.4 Å². The summed E-state index contributed by atoms with van der Waals surface area (Å²) in [6.45, 7) is 0. The van der Waals surface area contributed by atoms with Gasteiger partial charge in [-0.25, -0.2) is 0 Å². The van der Waals surface area contributed by atoms with Crippen LogP contribution >= 0.6 is 0 Å². The molecule has 0 atom stereocenters. The van der Waals surface area contributed by atoms with Gasteiger partial charge in [-0.2, -0.15) is 0 Å². The molecule has 168 valence electrons. The van der Waals surface area contributed by atoms with Crippen molar-refractivity contribution in [3.05, 3.63) is 48.0 Å². The Balaban J connectivity index is 1.25. The van der Waals surface area contributed by atoms with Gasteiger partial charge in [-0.3, -0.25) is 0 Å². The average Bonchev–Trinajstić information content (AvgIpc) is 2.85. The van der Waals surface area contributed by atoms with Crippen LogP contribution in [0.3, 0.4) is 0 Å². The normalized spacial score (nSPS) is 24.3. The maximum absolute atomic E-state index is 6.01. The molecule has 0 heterocycles. The highest BCUT2D eigenvalue weighted by Gasteiger charge is 2.30. The van der Waals surface area contributed by atoms with Gasteiger partial charge in [0, 0.05) is 11.6 Å². The first-order valence-electron chi connectivity index (χ1n) is 12.0. The summed E-state index contributed by atoms with van der Waals surface area (Å²) in [6.07, 6.45) is 15.4. The van der Waals surface area contributed by atoms with Crippen LogP contribution in [0.4, 0.5) is 11.4 Å². The summed E-state index contributed by atoms with van der Waals surface area (Å²) in [5.41, 5.74) is 14.4. The van der Waals surface area contributed by atoms with Crippen molar-refractivity contribution in [3.8, 4) is 47.5 Å². The minimum atomic E-state index is 0.494. The van der Waals surface area contributed by atoms with Crippen LogP contribution in [0, 0.1) is 53.8 Å². The summed E-state index contributed by atoms with van der Waals surface area (Å²) in [5, 5.41) is 0. The van der Waals surface area contributed by atoms with Crippen LogP contribution in [0.2, 0.25) is 0 Å². The molecule has 2 saturated carbocycles. The molecular formula is C30H32N2O. The maximum Gasteiger partial charge on any atom is 0.150 e. The van der Waals surface area contributed by atoms with Crippen molar-refractivity contribution in [2.45, 2.75) is 57.3 Å². The maximum atomic E-state index is 6.01. The molecular weight excluding hydrogens is 404 g/mol. The van der Waals surface area contributed by atoms with E-state index in [9.17, 15) is 0 Å². The molecule has 0 radical (unpaired) electrons. The van der Waals surface area contributed by atoms with Crippen molar-refractivity contribution in [2.75, 3.05) is 11.5 Å². The molecule has 2 aliphatic carbocycles. The van der Waals surface area contributed by atoms with Gasteiger partial charge in [0.05, 0.1) is 5.69 Å². The molecule has 2 fully saturated rings. The lowest BCUT2D eigenvalue weighted by Crippen LogP contribution is -2.25. The minimum absolute atomic E-state index is 0.494. The van der Waals surface area contributed by atoms with Crippen LogP contribution in [0.1, 0.15) is 62.8 Å². The fourth-order valence-corrected chi connectivity index (χ4v) is 5.46. The highest BCUT2D eigenvalue weighted by atomic mass is 16.5. The summed E-state index contributed by atoms with van der Waals surface area (Å²) < 4.78 is 5.94. The van der Waals surface area contributed by atoms with E-state index >= 15 is 0 Å². The summed E-state index contributed by atoms with van der Waals surface area (Å²) in [5.74, 6) is 18.1. The van der Waals surface area contributed by atoms with E-state index in [1.165, 1.54) is 56.9 Å². The number of hydrogen-bond donors (Lipinski definition) is 2. The van der Waals surface area contributed by atoms with Gasteiger partial charge in [0.15, 0.2) is 0 Å². The number of terminal acetylenes is 1. The fourth-order valence-electron chi connectivity index (χ4n) is 5.46. The molecule has 2 aliphatic rings. The monoisotopic (exact) mass is 436 g/mol. The molecule has 0 amide bonds. The van der Waals surface area contributed by atoms with Crippen molar-refractivity contribution in [3.63, 3.8) is 0 Å². The first kappa shape index (κ1) is 22.7. The van der Waals surface area contributed by atoms with Gasteiger partial charge in [-0.05, 0) is 129 Å². The van der Waals surface area contributed by atoms with E-state index in [1.807, 2.05) is 18.2 Å². The van der Waals surface area contributed by atoms with Gasteiger partial charge in [-0.15, -0.1) is 6.42 Å². The van der Waals surface area contributed by atoms with Crippen LogP contribution in [0.25, 0.3) is 0 Å². The van der Waals surface area contributed by atoms with Gasteiger partial charge in [0.25, 0.3) is 0 Å². The number of rotatable bonds is 4. The van der Waals surface area contributed by atoms with E-state index in [1.54, 1.807) is 12.1 Å². The van der Waals surface area contributed by atoms with E-state index < -0.39 is 0 Å². The molecule has 4 N–H and O–H groups in total.